The van der Waals surface area contributed by atoms with Crippen molar-refractivity contribution in [3.05, 3.63) is 202 Å². The zero-order valence-electron chi connectivity index (χ0n) is 33.3. The Hall–Kier alpha value is -3.88. The van der Waals surface area contributed by atoms with Crippen molar-refractivity contribution < 1.29 is 18.0 Å². The van der Waals surface area contributed by atoms with Gasteiger partial charge in [-0.25, -0.2) is 4.52 Å². The standard InChI is InChI=1S/C21H27N2.C15H10.C13H13OP.2ClH.Ru/c1-14-9-16(3)20(17(4)10-14)22-7-8-23(13-22)21-18(5)11-15(2)12-19(21)6;1-2-6-12(7-3-1)15-11-10-13-8-4-5-9-14(13)15;1-14-15(12-8-4-2-5-9-12)13-10-6-3-7-11-13;;;/h9-13H,7-8H2,1-6H3;1-9,11H;2-11H,1H3;2*1H;/q-1;;;;;+2/p-1. The van der Waals surface area contributed by atoms with Crippen LogP contribution in [0.4, 0.5) is 11.4 Å². The first kappa shape index (κ1) is 41.7. The summed E-state index contributed by atoms with van der Waals surface area (Å²) in [6.07, 6.45) is 2.15. The van der Waals surface area contributed by atoms with Crippen molar-refractivity contribution in [2.45, 2.75) is 41.5 Å². The molecule has 0 aromatic heterocycles. The fraction of sp³-hybridized carbons (Fsp3) is 0.184. The van der Waals surface area contributed by atoms with E-state index in [2.05, 4.69) is 167 Å². The van der Waals surface area contributed by atoms with Gasteiger partial charge in [0.25, 0.3) is 0 Å². The number of nitrogens with zero attached hydrogens (tertiary/aromatic N) is 2. The maximum atomic E-state index is 6.19. The molecule has 0 N–H and O–H groups in total. The Morgan fingerprint density at radius 1 is 0.554 bits per heavy atom. The first-order chi connectivity index (χ1) is 27.0. The monoisotopic (exact) mass is 886 g/mol. The second-order valence-corrected chi connectivity index (χ2v) is 22.3. The number of aryl methyl sites for hydroxylation is 6. The normalized spacial score (nSPS) is 13.4. The molecule has 0 radical (unpaired) electrons. The number of anilines is 2. The van der Waals surface area contributed by atoms with Crippen molar-refractivity contribution in [3.8, 4) is 0 Å². The van der Waals surface area contributed by atoms with E-state index in [0.29, 0.717) is 0 Å². The second-order valence-electron chi connectivity index (χ2n) is 14.3. The Balaban J connectivity index is 0.000000146. The van der Waals surface area contributed by atoms with Crippen LogP contribution in [0.1, 0.15) is 50.1 Å². The van der Waals surface area contributed by atoms with Crippen LogP contribution in [0.25, 0.3) is 5.57 Å². The van der Waals surface area contributed by atoms with E-state index in [4.69, 9.17) is 23.9 Å². The molecule has 1 fully saturated rings. The zero-order valence-corrected chi connectivity index (χ0v) is 37.5. The van der Waals surface area contributed by atoms with Crippen molar-refractivity contribution >= 4 is 59.2 Å². The number of halogens is 2. The third-order valence-electron chi connectivity index (χ3n) is 9.95. The molecule has 1 aliphatic heterocycles. The van der Waals surface area contributed by atoms with Crippen molar-refractivity contribution in [3.63, 3.8) is 0 Å². The second kappa shape index (κ2) is 19.5. The van der Waals surface area contributed by atoms with Crippen LogP contribution in [0.2, 0.25) is 0 Å². The van der Waals surface area contributed by atoms with Gasteiger partial charge in [-0.15, -0.1) is 0 Å². The van der Waals surface area contributed by atoms with Gasteiger partial charge in [0.1, 0.15) is 10.6 Å². The van der Waals surface area contributed by atoms with Crippen LogP contribution in [0.15, 0.2) is 146 Å². The summed E-state index contributed by atoms with van der Waals surface area (Å²) >= 11 is -1.88. The molecule has 1 saturated heterocycles. The zero-order chi connectivity index (χ0) is 39.8. The minimum absolute atomic E-state index is 1.04. The molecule has 56 heavy (non-hydrogen) atoms. The average molecular weight is 887 g/mol. The Bertz CT molecular complexity index is 2180. The van der Waals surface area contributed by atoms with E-state index in [-0.39, 0.29) is 0 Å². The molecule has 3 nitrogen and oxygen atoms in total. The topological polar surface area (TPSA) is 15.7 Å². The molecule has 290 valence electrons. The number of fused-ring (bicyclic) bond motifs is 1. The predicted molar refractivity (Wildman–Crippen MR) is 244 cm³/mol. The van der Waals surface area contributed by atoms with Gasteiger partial charge in [-0.05, 0) is 88.1 Å². The molecule has 0 atom stereocenters. The molecular formula is C49H51Cl2N2OPRu. The molecule has 0 bridgehead atoms. The minimum atomic E-state index is -1.88. The number of rotatable bonds is 6. The van der Waals surface area contributed by atoms with E-state index in [1.807, 2.05) is 36.4 Å². The summed E-state index contributed by atoms with van der Waals surface area (Å²) in [7, 11) is 13.1. The van der Waals surface area contributed by atoms with Gasteiger partial charge in [0.15, 0.2) is 8.15 Å². The van der Waals surface area contributed by atoms with Gasteiger partial charge in [0.05, 0.1) is 7.11 Å². The van der Waals surface area contributed by atoms with Crippen LogP contribution in [-0.4, -0.2) is 24.3 Å². The Labute approximate surface area is 348 Å². The third kappa shape index (κ3) is 9.97. The predicted octanol–water partition coefficient (Wildman–Crippen LogP) is 12.0. The molecule has 0 spiro atoms. The Morgan fingerprint density at radius 2 is 0.946 bits per heavy atom. The molecular weight excluding hydrogens is 836 g/mol. The first-order valence-electron chi connectivity index (χ1n) is 18.8. The fourth-order valence-electron chi connectivity index (χ4n) is 7.84. The van der Waals surface area contributed by atoms with E-state index < -0.39 is 21.7 Å². The van der Waals surface area contributed by atoms with Gasteiger partial charge in [-0.1, -0.05) is 71.8 Å². The summed E-state index contributed by atoms with van der Waals surface area (Å²) in [5.74, 6) is 0. The molecule has 0 amide bonds. The third-order valence-corrected chi connectivity index (χ3v) is 15.2. The van der Waals surface area contributed by atoms with E-state index in [9.17, 15) is 0 Å². The van der Waals surface area contributed by atoms with Crippen LogP contribution >= 0.6 is 27.5 Å². The molecule has 1 aliphatic carbocycles. The van der Waals surface area contributed by atoms with Gasteiger partial charge in [-0.3, -0.25) is 0 Å². The van der Waals surface area contributed by atoms with Crippen molar-refractivity contribution in [2.75, 3.05) is 30.0 Å². The summed E-state index contributed by atoms with van der Waals surface area (Å²) in [4.78, 5) is 4.81. The van der Waals surface area contributed by atoms with Crippen LogP contribution < -0.4 is 20.4 Å². The Kier molecular flexibility index (Phi) is 14.6. The summed E-state index contributed by atoms with van der Waals surface area (Å²) in [5, 5.41) is 2.58. The van der Waals surface area contributed by atoms with Crippen LogP contribution in [0.3, 0.4) is 0 Å². The van der Waals surface area contributed by atoms with Crippen molar-refractivity contribution in [2.24, 2.45) is 0 Å². The Morgan fingerprint density at radius 3 is 1.36 bits per heavy atom. The molecule has 0 saturated carbocycles. The molecule has 2 aliphatic rings. The van der Waals surface area contributed by atoms with Crippen molar-refractivity contribution in [1.82, 2.24) is 0 Å². The summed E-state index contributed by atoms with van der Waals surface area (Å²) in [5.41, 5.74) is 15.7. The number of hydrogen-bond acceptors (Lipinski definition) is 3. The van der Waals surface area contributed by atoms with Crippen molar-refractivity contribution in [1.29, 1.82) is 0 Å². The first-order valence-corrected chi connectivity index (χ1v) is 25.6. The van der Waals surface area contributed by atoms with Gasteiger partial charge >= 0.3 is 120 Å². The fourth-order valence-corrected chi connectivity index (χ4v) is 12.1. The summed E-state index contributed by atoms with van der Waals surface area (Å²) < 4.78 is 6.75. The van der Waals surface area contributed by atoms with E-state index in [0.717, 1.165) is 17.2 Å². The number of benzene rings is 6. The number of hydrogen-bond donors (Lipinski definition) is 0. The molecule has 0 unspecified atom stereocenters. The van der Waals surface area contributed by atoms with E-state index in [1.165, 1.54) is 77.6 Å². The van der Waals surface area contributed by atoms with E-state index in [1.54, 1.807) is 7.11 Å². The molecule has 6 aromatic rings. The molecule has 1 heterocycles. The summed E-state index contributed by atoms with van der Waals surface area (Å²) in [6, 6.07) is 48.6. The van der Waals surface area contributed by atoms with Crippen LogP contribution in [-0.2, 0) is 18.0 Å². The maximum absolute atomic E-state index is 6.19. The average Bonchev–Trinajstić information content (AvgIpc) is 3.82. The SMILES string of the molecule is CO[PH+](c1ccccc1)c1ccccc1.Cc1cc(C)c(N2[CH-]N(c3c(C)cc(C)cc3C)CC2)c(C)c1.[Cl][Ru]([Cl])=[C]1C=C(c2ccccc2)c2ccccc21. The van der Waals surface area contributed by atoms with Gasteiger partial charge in [0.2, 0.25) is 0 Å². The van der Waals surface area contributed by atoms with Gasteiger partial charge in [-0.2, -0.15) is 6.67 Å². The van der Waals surface area contributed by atoms with Crippen LogP contribution in [0.5, 0.6) is 0 Å². The van der Waals surface area contributed by atoms with E-state index >= 15 is 0 Å². The van der Waals surface area contributed by atoms with Crippen LogP contribution in [0, 0.1) is 48.2 Å². The molecule has 6 aromatic carbocycles. The van der Waals surface area contributed by atoms with Gasteiger partial charge in [0, 0.05) is 24.5 Å². The quantitative estimate of drug-likeness (QED) is 0.0941. The molecule has 8 rings (SSSR count). The molecule has 7 heteroatoms. The summed E-state index contributed by atoms with van der Waals surface area (Å²) in [6.45, 7) is 17.6. The van der Waals surface area contributed by atoms with Gasteiger partial charge < -0.3 is 9.80 Å². The number of allylic oxidation sites excluding steroid dienone is 1.